The summed E-state index contributed by atoms with van der Waals surface area (Å²) in [4.78, 5) is 37.1. The molecule has 0 aliphatic carbocycles. The van der Waals surface area contributed by atoms with Crippen molar-refractivity contribution in [2.24, 2.45) is 4.99 Å². The van der Waals surface area contributed by atoms with Gasteiger partial charge in [-0.25, -0.2) is 0 Å². The Labute approximate surface area is 232 Å². The van der Waals surface area contributed by atoms with Crippen LogP contribution in [0.5, 0.6) is 0 Å². The van der Waals surface area contributed by atoms with Gasteiger partial charge >= 0.3 is 0 Å². The summed E-state index contributed by atoms with van der Waals surface area (Å²) in [6.45, 7) is 4.11. The van der Waals surface area contributed by atoms with E-state index in [1.54, 1.807) is 36.2 Å². The summed E-state index contributed by atoms with van der Waals surface area (Å²) in [5.41, 5.74) is 4.36. The van der Waals surface area contributed by atoms with E-state index in [2.05, 4.69) is 22.2 Å². The van der Waals surface area contributed by atoms with Crippen molar-refractivity contribution in [3.8, 4) is 0 Å². The van der Waals surface area contributed by atoms with Crippen molar-refractivity contribution in [1.29, 1.82) is 0 Å². The van der Waals surface area contributed by atoms with Crippen LogP contribution in [0.4, 0.5) is 17.1 Å². The molecule has 0 bridgehead atoms. The van der Waals surface area contributed by atoms with Crippen molar-refractivity contribution in [3.63, 3.8) is 0 Å². The molecule has 38 heavy (non-hydrogen) atoms. The first-order valence-corrected chi connectivity index (χ1v) is 13.3. The summed E-state index contributed by atoms with van der Waals surface area (Å²) in [5, 5.41) is 4.08. The minimum absolute atomic E-state index is 0.0468. The SMILES string of the molecule is CN1CCN(CC(=O)N(C)c2ccc(N=C(c3ccc(Cl)cc3)C3C(=O)Nc4cc(Cl)ccc43)cc2)CC1. The van der Waals surface area contributed by atoms with Gasteiger partial charge in [-0.05, 0) is 66.7 Å². The van der Waals surface area contributed by atoms with Crippen LogP contribution in [0, 0.1) is 0 Å². The van der Waals surface area contributed by atoms with Gasteiger partial charge in [0.2, 0.25) is 11.8 Å². The third kappa shape index (κ3) is 5.76. The summed E-state index contributed by atoms with van der Waals surface area (Å²) in [5.74, 6) is -0.719. The average molecular weight is 550 g/mol. The molecule has 2 heterocycles. The highest BCUT2D eigenvalue weighted by molar-refractivity contribution is 6.32. The van der Waals surface area contributed by atoms with Crippen LogP contribution in [-0.2, 0) is 9.59 Å². The quantitative estimate of drug-likeness (QED) is 0.436. The van der Waals surface area contributed by atoms with Crippen molar-refractivity contribution in [1.82, 2.24) is 9.80 Å². The van der Waals surface area contributed by atoms with Crippen molar-refractivity contribution in [3.05, 3.63) is 87.9 Å². The predicted octanol–water partition coefficient (Wildman–Crippen LogP) is 5.06. The Hall–Kier alpha value is -3.23. The first-order valence-electron chi connectivity index (χ1n) is 12.5. The van der Waals surface area contributed by atoms with Gasteiger partial charge in [-0.15, -0.1) is 0 Å². The van der Waals surface area contributed by atoms with Gasteiger partial charge in [0.1, 0.15) is 5.92 Å². The molecule has 0 radical (unpaired) electrons. The number of hydrogen-bond acceptors (Lipinski definition) is 5. The van der Waals surface area contributed by atoms with Crippen molar-refractivity contribution in [2.45, 2.75) is 5.92 Å². The Balaban J connectivity index is 1.41. The number of likely N-dealkylation sites (N-methyl/N-ethyl adjacent to an activating group) is 2. The van der Waals surface area contributed by atoms with E-state index in [4.69, 9.17) is 28.2 Å². The zero-order chi connectivity index (χ0) is 26.8. The van der Waals surface area contributed by atoms with Gasteiger partial charge in [0.05, 0.1) is 17.9 Å². The number of anilines is 2. The van der Waals surface area contributed by atoms with E-state index in [-0.39, 0.29) is 11.8 Å². The highest BCUT2D eigenvalue weighted by atomic mass is 35.5. The predicted molar refractivity (Wildman–Crippen MR) is 154 cm³/mol. The number of hydrogen-bond donors (Lipinski definition) is 1. The zero-order valence-corrected chi connectivity index (χ0v) is 22.8. The van der Waals surface area contributed by atoms with Crippen LogP contribution in [0.3, 0.4) is 0 Å². The number of piperazine rings is 1. The number of nitrogens with one attached hydrogen (secondary N) is 1. The van der Waals surface area contributed by atoms with E-state index in [9.17, 15) is 9.59 Å². The van der Waals surface area contributed by atoms with E-state index in [1.165, 1.54) is 0 Å². The lowest BCUT2D eigenvalue weighted by atomic mass is 9.90. The van der Waals surface area contributed by atoms with Gasteiger partial charge < -0.3 is 15.1 Å². The number of carbonyl (C=O) groups excluding carboxylic acids is 2. The van der Waals surface area contributed by atoms with Crippen LogP contribution in [0.15, 0.2) is 71.7 Å². The number of aliphatic imine (C=N–C) groups is 1. The molecule has 1 saturated heterocycles. The molecule has 1 atom stereocenters. The van der Waals surface area contributed by atoms with Gasteiger partial charge in [-0.2, -0.15) is 0 Å². The highest BCUT2D eigenvalue weighted by Gasteiger charge is 2.35. The van der Waals surface area contributed by atoms with Crippen molar-refractivity contribution < 1.29 is 9.59 Å². The molecule has 5 rings (SSSR count). The maximum atomic E-state index is 13.1. The van der Waals surface area contributed by atoms with Crippen LogP contribution in [0.25, 0.3) is 0 Å². The molecule has 7 nitrogen and oxygen atoms in total. The molecule has 1 unspecified atom stereocenters. The third-order valence-corrected chi connectivity index (χ3v) is 7.56. The molecule has 9 heteroatoms. The number of carbonyl (C=O) groups is 2. The van der Waals surface area contributed by atoms with Gasteiger partial charge in [0.25, 0.3) is 0 Å². The molecule has 0 saturated carbocycles. The molecule has 2 amide bonds. The number of halogens is 2. The summed E-state index contributed by atoms with van der Waals surface area (Å²) >= 11 is 12.3. The average Bonchev–Trinajstić information content (AvgIpc) is 3.23. The number of nitrogens with zero attached hydrogens (tertiary/aromatic N) is 4. The Morgan fingerprint density at radius 1 is 0.974 bits per heavy atom. The minimum atomic E-state index is -0.601. The fraction of sp³-hybridized carbons (Fsp3) is 0.276. The Kier molecular flexibility index (Phi) is 7.81. The van der Waals surface area contributed by atoms with Gasteiger partial charge in [-0.3, -0.25) is 19.5 Å². The lowest BCUT2D eigenvalue weighted by Gasteiger charge is -2.32. The fourth-order valence-corrected chi connectivity index (χ4v) is 5.06. The van der Waals surface area contributed by atoms with Gasteiger partial charge in [0.15, 0.2) is 0 Å². The van der Waals surface area contributed by atoms with E-state index < -0.39 is 5.92 Å². The molecule has 196 valence electrons. The lowest BCUT2D eigenvalue weighted by Crippen LogP contribution is -2.48. The van der Waals surface area contributed by atoms with E-state index >= 15 is 0 Å². The molecule has 2 aliphatic heterocycles. The largest absolute Gasteiger partial charge is 0.325 e. The maximum absolute atomic E-state index is 13.1. The molecule has 3 aromatic rings. The van der Waals surface area contributed by atoms with Crippen LogP contribution < -0.4 is 10.2 Å². The summed E-state index contributed by atoms with van der Waals surface area (Å²) in [7, 11) is 3.89. The molecular weight excluding hydrogens is 521 g/mol. The van der Waals surface area contributed by atoms with Gasteiger partial charge in [0, 0.05) is 54.6 Å². The standard InChI is InChI=1S/C29H29Cl2N5O2/c1-34-13-15-36(16-14-34)18-26(37)35(2)23-10-8-22(9-11-23)32-28(19-3-5-20(30)6-4-19)27-24-12-7-21(31)17-25(24)33-29(27)38/h3-12,17,27H,13-16,18H2,1-2H3,(H,33,38). The number of benzene rings is 3. The Morgan fingerprint density at radius 2 is 1.63 bits per heavy atom. The number of amides is 2. The van der Waals surface area contributed by atoms with E-state index in [1.807, 2.05) is 42.5 Å². The molecular formula is C29H29Cl2N5O2. The fourth-order valence-electron chi connectivity index (χ4n) is 4.76. The van der Waals surface area contributed by atoms with Crippen molar-refractivity contribution in [2.75, 3.05) is 57.0 Å². The first kappa shape index (κ1) is 26.4. The summed E-state index contributed by atoms with van der Waals surface area (Å²) < 4.78 is 0. The molecule has 1 fully saturated rings. The van der Waals surface area contributed by atoms with Crippen LogP contribution in [0.2, 0.25) is 10.0 Å². The second kappa shape index (κ2) is 11.3. The number of rotatable bonds is 6. The third-order valence-electron chi connectivity index (χ3n) is 7.08. The normalized spacial score (nSPS) is 18.3. The number of fused-ring (bicyclic) bond motifs is 1. The first-order chi connectivity index (χ1) is 18.3. The summed E-state index contributed by atoms with van der Waals surface area (Å²) in [6, 6.07) is 20.2. The smallest absolute Gasteiger partial charge is 0.240 e. The van der Waals surface area contributed by atoms with Crippen LogP contribution in [0.1, 0.15) is 17.0 Å². The van der Waals surface area contributed by atoms with E-state index in [0.29, 0.717) is 33.7 Å². The Morgan fingerprint density at radius 3 is 2.32 bits per heavy atom. The van der Waals surface area contributed by atoms with Crippen LogP contribution >= 0.6 is 23.2 Å². The lowest BCUT2D eigenvalue weighted by molar-refractivity contribution is -0.120. The molecule has 0 aromatic heterocycles. The van der Waals surface area contributed by atoms with E-state index in [0.717, 1.165) is 43.0 Å². The highest BCUT2D eigenvalue weighted by Crippen LogP contribution is 2.38. The second-order valence-corrected chi connectivity index (χ2v) is 10.6. The monoisotopic (exact) mass is 549 g/mol. The minimum Gasteiger partial charge on any atom is -0.325 e. The Bertz CT molecular complexity index is 1370. The molecule has 2 aliphatic rings. The molecule has 1 N–H and O–H groups in total. The molecule has 0 spiro atoms. The van der Waals surface area contributed by atoms with Gasteiger partial charge in [-0.1, -0.05) is 41.4 Å². The maximum Gasteiger partial charge on any atom is 0.240 e. The second-order valence-electron chi connectivity index (χ2n) is 9.71. The molecule has 3 aromatic carbocycles. The summed E-state index contributed by atoms with van der Waals surface area (Å²) in [6.07, 6.45) is 0. The van der Waals surface area contributed by atoms with Crippen molar-refractivity contribution >= 4 is 57.8 Å². The van der Waals surface area contributed by atoms with Crippen LogP contribution in [-0.4, -0.2) is 74.1 Å². The topological polar surface area (TPSA) is 68.2 Å². The zero-order valence-electron chi connectivity index (χ0n) is 21.3.